The summed E-state index contributed by atoms with van der Waals surface area (Å²) in [5.41, 5.74) is 0.350. The number of rotatable bonds is 2. The molecular formula is C8H16O. The third kappa shape index (κ3) is 3.52. The summed E-state index contributed by atoms with van der Waals surface area (Å²) < 4.78 is 5.52. The van der Waals surface area contributed by atoms with Crippen molar-refractivity contribution in [3.8, 4) is 0 Å². The van der Waals surface area contributed by atoms with Crippen LogP contribution in [-0.4, -0.2) is 12.7 Å². The molecule has 1 fully saturated rings. The lowest BCUT2D eigenvalue weighted by molar-refractivity contribution is 0.0592. The van der Waals surface area contributed by atoms with E-state index in [0.29, 0.717) is 11.5 Å². The van der Waals surface area contributed by atoms with E-state index >= 15 is 0 Å². The van der Waals surface area contributed by atoms with Crippen LogP contribution in [-0.2, 0) is 4.74 Å². The van der Waals surface area contributed by atoms with E-state index < -0.39 is 0 Å². The third-order valence-electron chi connectivity index (χ3n) is 1.28. The SMILES string of the molecule is CC(C)(C)COC1CC1. The van der Waals surface area contributed by atoms with Crippen molar-refractivity contribution in [2.45, 2.75) is 39.7 Å². The summed E-state index contributed by atoms with van der Waals surface area (Å²) in [6, 6.07) is 0. The molecule has 0 N–H and O–H groups in total. The van der Waals surface area contributed by atoms with Crippen LogP contribution in [0.2, 0.25) is 0 Å². The van der Waals surface area contributed by atoms with Gasteiger partial charge in [0.2, 0.25) is 0 Å². The topological polar surface area (TPSA) is 9.23 Å². The van der Waals surface area contributed by atoms with Crippen molar-refractivity contribution in [2.75, 3.05) is 6.61 Å². The van der Waals surface area contributed by atoms with Gasteiger partial charge in [-0.2, -0.15) is 0 Å². The normalized spacial score (nSPS) is 20.3. The van der Waals surface area contributed by atoms with Gasteiger partial charge in [-0.3, -0.25) is 0 Å². The van der Waals surface area contributed by atoms with E-state index in [1.807, 2.05) is 0 Å². The maximum absolute atomic E-state index is 5.52. The van der Waals surface area contributed by atoms with Gasteiger partial charge in [-0.15, -0.1) is 0 Å². The van der Waals surface area contributed by atoms with Gasteiger partial charge < -0.3 is 4.74 Å². The first kappa shape index (κ1) is 7.07. The van der Waals surface area contributed by atoms with Crippen LogP contribution < -0.4 is 0 Å². The van der Waals surface area contributed by atoms with Crippen LogP contribution in [0.15, 0.2) is 0 Å². The summed E-state index contributed by atoms with van der Waals surface area (Å²) in [6.07, 6.45) is 3.19. The van der Waals surface area contributed by atoms with Crippen LogP contribution in [0.5, 0.6) is 0 Å². The summed E-state index contributed by atoms with van der Waals surface area (Å²) in [7, 11) is 0. The van der Waals surface area contributed by atoms with Gasteiger partial charge in [-0.1, -0.05) is 20.8 Å². The van der Waals surface area contributed by atoms with E-state index in [1.54, 1.807) is 0 Å². The van der Waals surface area contributed by atoms with Gasteiger partial charge in [-0.05, 0) is 18.3 Å². The molecule has 0 radical (unpaired) electrons. The van der Waals surface area contributed by atoms with E-state index in [4.69, 9.17) is 4.74 Å². The number of hydrogen-bond acceptors (Lipinski definition) is 1. The predicted molar refractivity (Wildman–Crippen MR) is 38.4 cm³/mol. The van der Waals surface area contributed by atoms with Crippen LogP contribution >= 0.6 is 0 Å². The smallest absolute Gasteiger partial charge is 0.0577 e. The van der Waals surface area contributed by atoms with Crippen molar-refractivity contribution in [1.82, 2.24) is 0 Å². The van der Waals surface area contributed by atoms with E-state index in [0.717, 1.165) is 6.61 Å². The molecule has 1 saturated carbocycles. The standard InChI is InChI=1S/C8H16O/c1-8(2,3)6-9-7-4-5-7/h7H,4-6H2,1-3H3. The van der Waals surface area contributed by atoms with Crippen LogP contribution in [0.25, 0.3) is 0 Å². The molecule has 0 amide bonds. The average molecular weight is 128 g/mol. The maximum atomic E-state index is 5.52. The summed E-state index contributed by atoms with van der Waals surface area (Å²) >= 11 is 0. The molecule has 1 nitrogen and oxygen atoms in total. The molecule has 1 rings (SSSR count). The van der Waals surface area contributed by atoms with E-state index in [-0.39, 0.29) is 0 Å². The van der Waals surface area contributed by atoms with Crippen molar-refractivity contribution in [3.05, 3.63) is 0 Å². The molecule has 54 valence electrons. The highest BCUT2D eigenvalue weighted by Gasteiger charge is 2.24. The first-order valence-electron chi connectivity index (χ1n) is 3.69. The first-order valence-corrected chi connectivity index (χ1v) is 3.69. The van der Waals surface area contributed by atoms with Gasteiger partial charge in [0.15, 0.2) is 0 Å². The zero-order chi connectivity index (χ0) is 6.91. The second-order valence-electron chi connectivity index (χ2n) is 4.07. The molecule has 0 bridgehead atoms. The zero-order valence-corrected chi connectivity index (χ0v) is 6.61. The lowest BCUT2D eigenvalue weighted by Gasteiger charge is -2.17. The molecule has 1 heteroatoms. The van der Waals surface area contributed by atoms with Gasteiger partial charge in [-0.25, -0.2) is 0 Å². The van der Waals surface area contributed by atoms with Crippen molar-refractivity contribution < 1.29 is 4.74 Å². The molecule has 0 aliphatic heterocycles. The van der Waals surface area contributed by atoms with E-state index in [1.165, 1.54) is 12.8 Å². The van der Waals surface area contributed by atoms with Crippen LogP contribution in [0.4, 0.5) is 0 Å². The Morgan fingerprint density at radius 3 is 2.22 bits per heavy atom. The van der Waals surface area contributed by atoms with Gasteiger partial charge in [0.25, 0.3) is 0 Å². The van der Waals surface area contributed by atoms with Gasteiger partial charge in [0.05, 0.1) is 12.7 Å². The Labute approximate surface area is 57.4 Å². The van der Waals surface area contributed by atoms with Crippen molar-refractivity contribution in [2.24, 2.45) is 5.41 Å². The minimum Gasteiger partial charge on any atom is -0.378 e. The quantitative estimate of drug-likeness (QED) is 0.554. The van der Waals surface area contributed by atoms with Crippen molar-refractivity contribution >= 4 is 0 Å². The third-order valence-corrected chi connectivity index (χ3v) is 1.28. The molecular weight excluding hydrogens is 112 g/mol. The average Bonchev–Trinajstić information content (AvgIpc) is 2.38. The predicted octanol–water partition coefficient (Wildman–Crippen LogP) is 2.21. The number of hydrogen-bond donors (Lipinski definition) is 0. The second-order valence-corrected chi connectivity index (χ2v) is 4.07. The van der Waals surface area contributed by atoms with E-state index in [2.05, 4.69) is 20.8 Å². The van der Waals surface area contributed by atoms with Gasteiger partial charge in [0, 0.05) is 0 Å². The molecule has 0 aromatic heterocycles. The van der Waals surface area contributed by atoms with Crippen LogP contribution in [0, 0.1) is 5.41 Å². The lowest BCUT2D eigenvalue weighted by atomic mass is 9.99. The molecule has 1 aliphatic carbocycles. The van der Waals surface area contributed by atoms with Crippen molar-refractivity contribution in [1.29, 1.82) is 0 Å². The Hall–Kier alpha value is -0.0400. The lowest BCUT2D eigenvalue weighted by Crippen LogP contribution is -2.15. The summed E-state index contributed by atoms with van der Waals surface area (Å²) in [6.45, 7) is 7.53. The first-order chi connectivity index (χ1) is 4.08. The van der Waals surface area contributed by atoms with Gasteiger partial charge >= 0.3 is 0 Å². The molecule has 0 unspecified atom stereocenters. The maximum Gasteiger partial charge on any atom is 0.0577 e. The molecule has 0 heterocycles. The van der Waals surface area contributed by atoms with Crippen LogP contribution in [0.1, 0.15) is 33.6 Å². The fourth-order valence-electron chi connectivity index (χ4n) is 0.603. The minimum atomic E-state index is 0.350. The highest BCUT2D eigenvalue weighted by Crippen LogP contribution is 2.26. The fourth-order valence-corrected chi connectivity index (χ4v) is 0.603. The number of ether oxygens (including phenoxy) is 1. The van der Waals surface area contributed by atoms with Gasteiger partial charge in [0.1, 0.15) is 0 Å². The molecule has 0 atom stereocenters. The molecule has 0 saturated heterocycles. The summed E-state index contributed by atoms with van der Waals surface area (Å²) in [4.78, 5) is 0. The Kier molecular flexibility index (Phi) is 1.80. The molecule has 0 aromatic rings. The Balaban J connectivity index is 2.03. The highest BCUT2D eigenvalue weighted by atomic mass is 16.5. The molecule has 0 aromatic carbocycles. The van der Waals surface area contributed by atoms with Crippen molar-refractivity contribution in [3.63, 3.8) is 0 Å². The second kappa shape index (κ2) is 2.30. The zero-order valence-electron chi connectivity index (χ0n) is 6.61. The molecule has 9 heavy (non-hydrogen) atoms. The summed E-state index contributed by atoms with van der Waals surface area (Å²) in [5.74, 6) is 0. The highest BCUT2D eigenvalue weighted by molar-refractivity contribution is 4.74. The Bertz CT molecular complexity index is 87.2. The van der Waals surface area contributed by atoms with E-state index in [9.17, 15) is 0 Å². The molecule has 1 aliphatic rings. The Morgan fingerprint density at radius 1 is 1.33 bits per heavy atom. The molecule has 0 spiro atoms. The Morgan fingerprint density at radius 2 is 1.89 bits per heavy atom. The largest absolute Gasteiger partial charge is 0.378 e. The minimum absolute atomic E-state index is 0.350. The fraction of sp³-hybridized carbons (Fsp3) is 1.00. The summed E-state index contributed by atoms with van der Waals surface area (Å²) in [5, 5.41) is 0. The monoisotopic (exact) mass is 128 g/mol. The van der Waals surface area contributed by atoms with Crippen LogP contribution in [0.3, 0.4) is 0 Å².